The summed E-state index contributed by atoms with van der Waals surface area (Å²) in [4.78, 5) is 29.1. The molecular formula is C20H19N3O4S. The van der Waals surface area contributed by atoms with Gasteiger partial charge in [-0.3, -0.25) is 9.59 Å². The van der Waals surface area contributed by atoms with Crippen molar-refractivity contribution in [2.75, 3.05) is 0 Å². The first kappa shape index (κ1) is 18.4. The summed E-state index contributed by atoms with van der Waals surface area (Å²) in [5.74, 6) is 0.0714. The molecule has 0 bridgehead atoms. The Morgan fingerprint density at radius 2 is 2.07 bits per heavy atom. The molecule has 3 aromatic rings. The predicted molar refractivity (Wildman–Crippen MR) is 102 cm³/mol. The van der Waals surface area contributed by atoms with E-state index in [0.29, 0.717) is 17.3 Å². The maximum Gasteiger partial charge on any atom is 0.307 e. The van der Waals surface area contributed by atoms with Gasteiger partial charge in [-0.2, -0.15) is 16.3 Å². The number of aromatic nitrogens is 2. The van der Waals surface area contributed by atoms with E-state index in [0.717, 1.165) is 18.4 Å². The first-order valence-electron chi connectivity index (χ1n) is 9.09. The van der Waals surface area contributed by atoms with Gasteiger partial charge in [0, 0.05) is 29.0 Å². The van der Waals surface area contributed by atoms with Gasteiger partial charge in [-0.1, -0.05) is 35.5 Å². The van der Waals surface area contributed by atoms with Gasteiger partial charge in [0.1, 0.15) is 0 Å². The molecule has 0 spiro atoms. The third-order valence-corrected chi connectivity index (χ3v) is 4.99. The molecule has 144 valence electrons. The largest absolute Gasteiger partial charge is 0.447 e. The standard InChI is InChI=1S/C20H19N3O4S/c24-17(9-8-16-22-19(23-27-16)14-10-11-28-12-14)26-18(13-4-2-1-3-5-13)20(25)21-15-6-7-15/h1-5,10-12,15,18H,6-9H2,(H,21,25)/t18-/m0/s1. The highest BCUT2D eigenvalue weighted by molar-refractivity contribution is 7.08. The summed E-state index contributed by atoms with van der Waals surface area (Å²) in [5, 5.41) is 10.7. The molecule has 8 heteroatoms. The number of hydrogen-bond acceptors (Lipinski definition) is 7. The Bertz CT molecular complexity index is 936. The molecule has 1 aliphatic carbocycles. The minimum absolute atomic E-state index is 0.0469. The van der Waals surface area contributed by atoms with Crippen LogP contribution in [-0.2, 0) is 20.7 Å². The zero-order chi connectivity index (χ0) is 19.3. The van der Waals surface area contributed by atoms with E-state index in [2.05, 4.69) is 15.5 Å². The first-order chi connectivity index (χ1) is 13.7. The number of hydrogen-bond donors (Lipinski definition) is 1. The number of carbonyl (C=O) groups is 2. The number of rotatable bonds is 8. The molecule has 2 heterocycles. The molecule has 2 aromatic heterocycles. The zero-order valence-electron chi connectivity index (χ0n) is 15.0. The van der Waals surface area contributed by atoms with Crippen molar-refractivity contribution in [1.29, 1.82) is 0 Å². The topological polar surface area (TPSA) is 94.3 Å². The summed E-state index contributed by atoms with van der Waals surface area (Å²) >= 11 is 1.54. The molecule has 1 atom stereocenters. The fraction of sp³-hybridized carbons (Fsp3) is 0.300. The number of aryl methyl sites for hydroxylation is 1. The molecule has 0 aliphatic heterocycles. The molecular weight excluding hydrogens is 378 g/mol. The van der Waals surface area contributed by atoms with E-state index in [1.807, 2.05) is 35.0 Å². The van der Waals surface area contributed by atoms with Gasteiger partial charge in [-0.15, -0.1) is 0 Å². The molecule has 0 unspecified atom stereocenters. The van der Waals surface area contributed by atoms with Crippen molar-refractivity contribution in [3.63, 3.8) is 0 Å². The van der Waals surface area contributed by atoms with Crippen LogP contribution < -0.4 is 5.32 Å². The normalized spacial score (nSPS) is 14.4. The van der Waals surface area contributed by atoms with Crippen LogP contribution in [0.5, 0.6) is 0 Å². The number of nitrogens with one attached hydrogen (secondary N) is 1. The summed E-state index contributed by atoms with van der Waals surface area (Å²) in [5.41, 5.74) is 1.52. The highest BCUT2D eigenvalue weighted by Crippen LogP contribution is 2.24. The van der Waals surface area contributed by atoms with Gasteiger partial charge in [0.05, 0.1) is 6.42 Å². The molecule has 1 aromatic carbocycles. The minimum atomic E-state index is -0.960. The third kappa shape index (κ3) is 4.64. The summed E-state index contributed by atoms with van der Waals surface area (Å²) < 4.78 is 10.7. The summed E-state index contributed by atoms with van der Waals surface area (Å²) in [7, 11) is 0. The Morgan fingerprint density at radius 1 is 1.25 bits per heavy atom. The van der Waals surface area contributed by atoms with Crippen molar-refractivity contribution in [2.24, 2.45) is 0 Å². The van der Waals surface area contributed by atoms with E-state index in [1.54, 1.807) is 23.5 Å². The lowest BCUT2D eigenvalue weighted by atomic mass is 10.1. The number of ether oxygens (including phenoxy) is 1. The van der Waals surface area contributed by atoms with Crippen LogP contribution >= 0.6 is 11.3 Å². The van der Waals surface area contributed by atoms with Crippen LogP contribution in [-0.4, -0.2) is 28.1 Å². The summed E-state index contributed by atoms with van der Waals surface area (Å²) in [6.07, 6.45) is 1.27. The van der Waals surface area contributed by atoms with E-state index < -0.39 is 12.1 Å². The highest BCUT2D eigenvalue weighted by Gasteiger charge is 2.30. The molecule has 1 fully saturated rings. The number of amides is 1. The number of nitrogens with zero attached hydrogens (tertiary/aromatic N) is 2. The number of benzene rings is 1. The second-order valence-electron chi connectivity index (χ2n) is 6.59. The molecule has 0 radical (unpaired) electrons. The number of esters is 1. The maximum absolute atomic E-state index is 12.5. The molecule has 0 saturated heterocycles. The Hall–Kier alpha value is -3.00. The van der Waals surface area contributed by atoms with E-state index in [9.17, 15) is 9.59 Å². The van der Waals surface area contributed by atoms with Crippen LogP contribution in [0, 0.1) is 0 Å². The maximum atomic E-state index is 12.5. The van der Waals surface area contributed by atoms with Crippen molar-refractivity contribution >= 4 is 23.2 Å². The fourth-order valence-electron chi connectivity index (χ4n) is 2.67. The summed E-state index contributed by atoms with van der Waals surface area (Å²) in [6.45, 7) is 0. The Morgan fingerprint density at radius 3 is 2.79 bits per heavy atom. The van der Waals surface area contributed by atoms with Gasteiger partial charge >= 0.3 is 5.97 Å². The molecule has 1 amide bonds. The second kappa shape index (κ2) is 8.35. The van der Waals surface area contributed by atoms with Crippen LogP contribution in [0.25, 0.3) is 11.4 Å². The van der Waals surface area contributed by atoms with Gasteiger partial charge in [0.15, 0.2) is 0 Å². The van der Waals surface area contributed by atoms with Crippen LogP contribution in [0.1, 0.15) is 36.8 Å². The van der Waals surface area contributed by atoms with Crippen molar-refractivity contribution < 1.29 is 18.8 Å². The third-order valence-electron chi connectivity index (χ3n) is 4.30. The number of carbonyl (C=O) groups excluding carboxylic acids is 2. The van der Waals surface area contributed by atoms with Gasteiger partial charge in [0.2, 0.25) is 17.8 Å². The van der Waals surface area contributed by atoms with E-state index in [1.165, 1.54) is 0 Å². The lowest BCUT2D eigenvalue weighted by Gasteiger charge is -2.17. The van der Waals surface area contributed by atoms with Crippen LogP contribution in [0.15, 0.2) is 51.7 Å². The summed E-state index contributed by atoms with van der Waals surface area (Å²) in [6, 6.07) is 11.1. The van der Waals surface area contributed by atoms with Crippen LogP contribution in [0.2, 0.25) is 0 Å². The molecule has 28 heavy (non-hydrogen) atoms. The van der Waals surface area contributed by atoms with E-state index in [-0.39, 0.29) is 24.8 Å². The molecule has 1 aliphatic rings. The minimum Gasteiger partial charge on any atom is -0.447 e. The smallest absolute Gasteiger partial charge is 0.307 e. The van der Waals surface area contributed by atoms with Gasteiger partial charge in [-0.25, -0.2) is 0 Å². The monoisotopic (exact) mass is 397 g/mol. The van der Waals surface area contributed by atoms with Crippen molar-refractivity contribution in [1.82, 2.24) is 15.5 Å². The van der Waals surface area contributed by atoms with E-state index in [4.69, 9.17) is 9.26 Å². The van der Waals surface area contributed by atoms with E-state index >= 15 is 0 Å². The average Bonchev–Trinajstić information content (AvgIpc) is 3.18. The quantitative estimate of drug-likeness (QED) is 0.586. The van der Waals surface area contributed by atoms with Gasteiger partial charge in [-0.05, 0) is 24.3 Å². The first-order valence-corrected chi connectivity index (χ1v) is 10.0. The highest BCUT2D eigenvalue weighted by atomic mass is 32.1. The Labute approximate surface area is 165 Å². The average molecular weight is 397 g/mol. The molecule has 1 N–H and O–H groups in total. The predicted octanol–water partition coefficient (Wildman–Crippen LogP) is 3.29. The molecule has 4 rings (SSSR count). The zero-order valence-corrected chi connectivity index (χ0v) is 15.9. The molecule has 1 saturated carbocycles. The SMILES string of the molecule is O=C(CCc1nc(-c2ccsc2)no1)O[C@H](C(=O)NC1CC1)c1ccccc1. The lowest BCUT2D eigenvalue weighted by molar-refractivity contribution is -0.156. The van der Waals surface area contributed by atoms with Crippen molar-refractivity contribution in [2.45, 2.75) is 37.8 Å². The fourth-order valence-corrected chi connectivity index (χ4v) is 3.30. The lowest BCUT2D eigenvalue weighted by Crippen LogP contribution is -2.33. The van der Waals surface area contributed by atoms with Crippen molar-refractivity contribution in [3.05, 3.63) is 58.6 Å². The van der Waals surface area contributed by atoms with Crippen LogP contribution in [0.4, 0.5) is 0 Å². The second-order valence-corrected chi connectivity index (χ2v) is 7.37. The van der Waals surface area contributed by atoms with Crippen molar-refractivity contribution in [3.8, 4) is 11.4 Å². The number of thiophene rings is 1. The molecule has 7 nitrogen and oxygen atoms in total. The Balaban J connectivity index is 1.36. The van der Waals surface area contributed by atoms with Gasteiger partial charge in [0.25, 0.3) is 5.91 Å². The Kier molecular flexibility index (Phi) is 5.48. The van der Waals surface area contributed by atoms with Gasteiger partial charge < -0.3 is 14.6 Å². The van der Waals surface area contributed by atoms with Crippen LogP contribution in [0.3, 0.4) is 0 Å².